The molecule has 0 atom stereocenters. The summed E-state index contributed by atoms with van der Waals surface area (Å²) >= 11 is 0. The summed E-state index contributed by atoms with van der Waals surface area (Å²) in [4.78, 5) is 40.3. The van der Waals surface area contributed by atoms with E-state index in [9.17, 15) is 29.4 Å². The zero-order valence-electron chi connectivity index (χ0n) is 13.5. The van der Waals surface area contributed by atoms with E-state index in [0.717, 1.165) is 0 Å². The minimum atomic E-state index is -1.34. The van der Waals surface area contributed by atoms with Crippen molar-refractivity contribution in [2.75, 3.05) is 40.3 Å². The Balaban J connectivity index is -0.0000000831. The second kappa shape index (κ2) is 26.0. The van der Waals surface area contributed by atoms with Gasteiger partial charge in [-0.1, -0.05) is 13.1 Å². The van der Waals surface area contributed by atoms with Crippen molar-refractivity contribution in [2.45, 2.75) is 0 Å². The van der Waals surface area contributed by atoms with Crippen LogP contribution in [0.25, 0.3) is 10.6 Å². The number of rotatable bonds is 8. The van der Waals surface area contributed by atoms with Gasteiger partial charge in [0.05, 0.1) is 11.8 Å². The molecule has 2 N–H and O–H groups in total. The number of nitrogens with zero attached hydrogens (tertiary/aromatic N) is 2. The number of aliphatic carboxylic acids is 2. The molecule has 0 radical (unpaired) electrons. The molecule has 0 unspecified atom stereocenters. The van der Waals surface area contributed by atoms with Gasteiger partial charge >= 0.3 is 103 Å². The van der Waals surface area contributed by atoms with Crippen molar-refractivity contribution in [2.24, 2.45) is 0 Å². The molecule has 0 heterocycles. The van der Waals surface area contributed by atoms with Crippen molar-refractivity contribution < 1.29 is 153 Å². The molecule has 0 aromatic heterocycles. The van der Waals surface area contributed by atoms with E-state index in [0.29, 0.717) is 0 Å². The molecule has 0 saturated carbocycles. The third-order valence-electron chi connectivity index (χ3n) is 1.43. The Hall–Kier alpha value is 1.74. The summed E-state index contributed by atoms with van der Waals surface area (Å²) in [7, 11) is 3.15. The number of carbonyl (C=O) groups is 4. The molecule has 13 heteroatoms. The average molecular weight is 473 g/mol. The number of nitrogens with one attached hydrogen (secondary N) is 2. The number of carboxylic acids is 2. The molecular weight excluding hydrogens is 457 g/mol. The van der Waals surface area contributed by atoms with E-state index in [1.165, 1.54) is 0 Å². The fourth-order valence-electron chi connectivity index (χ4n) is 0.720. The molecular formula is C10H16K2N4O6Pd-2. The fourth-order valence-corrected chi connectivity index (χ4v) is 0.720. The minimum absolute atomic E-state index is 0. The van der Waals surface area contributed by atoms with Crippen LogP contribution in [0.5, 0.6) is 0 Å². The molecule has 0 fully saturated rings. The topological polar surface area (TPSA) is 167 Å². The summed E-state index contributed by atoms with van der Waals surface area (Å²) in [5.41, 5.74) is 0. The molecule has 23 heavy (non-hydrogen) atoms. The molecule has 0 rings (SSSR count). The van der Waals surface area contributed by atoms with Crippen LogP contribution in [0.3, 0.4) is 0 Å². The summed E-state index contributed by atoms with van der Waals surface area (Å²) in [6, 6.07) is 0. The van der Waals surface area contributed by atoms with Crippen LogP contribution >= 0.6 is 0 Å². The first kappa shape index (κ1) is 35.8. The van der Waals surface area contributed by atoms with Crippen LogP contribution in [-0.4, -0.2) is 64.0 Å². The van der Waals surface area contributed by atoms with Gasteiger partial charge in [-0.3, -0.25) is 0 Å². The van der Waals surface area contributed by atoms with Crippen LogP contribution in [0.2, 0.25) is 0 Å². The number of hydrogen-bond acceptors (Lipinski definition) is 8. The van der Waals surface area contributed by atoms with E-state index in [-0.39, 0.29) is 136 Å². The van der Waals surface area contributed by atoms with Gasteiger partial charge in [-0.15, -0.1) is 0 Å². The van der Waals surface area contributed by atoms with Crippen LogP contribution in [0, 0.1) is 0 Å². The third kappa shape index (κ3) is 35.6. The molecule has 126 valence electrons. The molecule has 0 aliphatic rings. The molecule has 10 nitrogen and oxygen atoms in total. The van der Waals surface area contributed by atoms with E-state index in [1.54, 1.807) is 14.1 Å². The van der Waals surface area contributed by atoms with Gasteiger partial charge in [0.15, 0.2) is 0 Å². The number of likely N-dealkylation sites (N-methyl/N-ethyl adjacent to an activating group) is 2. The zero-order valence-corrected chi connectivity index (χ0v) is 21.3. The fraction of sp³-hybridized carbons (Fsp3) is 0.600. The maximum atomic E-state index is 10.4. The first-order valence-corrected chi connectivity index (χ1v) is 5.43. The monoisotopic (exact) mass is 472 g/mol. The molecule has 2 amide bonds. The standard InChI is InChI=1S/2C5H10N2O3.2K.Pd/c2*1-6-2-4(8)7-3-5(9)10;;;/h2*6H,2-3H2,1H3,(H2,7,8,9,10);;;/q;;2*+1;/p-4. The third-order valence-corrected chi connectivity index (χ3v) is 1.43. The Bertz CT molecular complexity index is 317. The smallest absolute Gasteiger partial charge is 0.648 e. The molecule has 0 aromatic carbocycles. The van der Waals surface area contributed by atoms with Gasteiger partial charge < -0.3 is 50.7 Å². The largest absolute Gasteiger partial charge is 1.00 e. The number of amides is 2. The predicted molar refractivity (Wildman–Crippen MR) is 64.3 cm³/mol. The van der Waals surface area contributed by atoms with Crippen LogP contribution < -0.4 is 124 Å². The van der Waals surface area contributed by atoms with Crippen molar-refractivity contribution in [1.82, 2.24) is 10.6 Å². The van der Waals surface area contributed by atoms with Crippen LogP contribution in [0.4, 0.5) is 0 Å². The normalized spacial score (nSPS) is 7.74. The second-order valence-corrected chi connectivity index (χ2v) is 3.22. The Morgan fingerprint density at radius 2 is 1.04 bits per heavy atom. The van der Waals surface area contributed by atoms with Gasteiger partial charge in [0, 0.05) is 45.5 Å². The van der Waals surface area contributed by atoms with Crippen molar-refractivity contribution in [3.8, 4) is 0 Å². The summed E-state index contributed by atoms with van der Waals surface area (Å²) in [5, 5.41) is 30.8. The van der Waals surface area contributed by atoms with Crippen LogP contribution in [-0.2, 0) is 39.6 Å². The van der Waals surface area contributed by atoms with Gasteiger partial charge in [0.1, 0.15) is 0 Å². The average Bonchev–Trinajstić information content (AvgIpc) is 2.35. The Kier molecular flexibility index (Phi) is 40.4. The van der Waals surface area contributed by atoms with Crippen molar-refractivity contribution in [3.63, 3.8) is 0 Å². The van der Waals surface area contributed by atoms with Crippen LogP contribution in [0.1, 0.15) is 0 Å². The second-order valence-electron chi connectivity index (χ2n) is 3.22. The van der Waals surface area contributed by atoms with Crippen LogP contribution in [0.15, 0.2) is 0 Å². The van der Waals surface area contributed by atoms with Gasteiger partial charge in [-0.2, -0.15) is 0 Å². The maximum absolute atomic E-state index is 10.4. The maximum Gasteiger partial charge on any atom is 1.00 e. The quantitative estimate of drug-likeness (QED) is 0.328. The Morgan fingerprint density at radius 3 is 1.22 bits per heavy atom. The Labute approximate surface area is 233 Å². The van der Waals surface area contributed by atoms with Gasteiger partial charge in [0.25, 0.3) is 0 Å². The SMILES string of the molecule is CNCC(=O)[N-]CC(=O)[O-].CNCC(=O)[N-]CC(=O)[O-].[K+].[K+].[Pd]. The van der Waals surface area contributed by atoms with Gasteiger partial charge in [-0.25, -0.2) is 0 Å². The van der Waals surface area contributed by atoms with E-state index >= 15 is 0 Å². The summed E-state index contributed by atoms with van der Waals surface area (Å²) in [6.45, 7) is -0.985. The van der Waals surface area contributed by atoms with Gasteiger partial charge in [-0.05, 0) is 14.1 Å². The van der Waals surface area contributed by atoms with Gasteiger partial charge in [0.2, 0.25) is 0 Å². The molecule has 0 aliphatic heterocycles. The minimum Gasteiger partial charge on any atom is -0.648 e. The van der Waals surface area contributed by atoms with Crippen molar-refractivity contribution >= 4 is 23.8 Å². The van der Waals surface area contributed by atoms with Crippen molar-refractivity contribution in [3.05, 3.63) is 10.6 Å². The Morgan fingerprint density at radius 1 is 0.783 bits per heavy atom. The molecule has 0 saturated heterocycles. The summed E-state index contributed by atoms with van der Waals surface area (Å²) < 4.78 is 0. The predicted octanol–water partition coefficient (Wildman–Crippen LogP) is -10.3. The molecule has 0 aromatic rings. The van der Waals surface area contributed by atoms with E-state index in [2.05, 4.69) is 21.3 Å². The van der Waals surface area contributed by atoms with E-state index in [1.807, 2.05) is 0 Å². The molecule has 0 aliphatic carbocycles. The summed E-state index contributed by atoms with van der Waals surface area (Å²) in [6.07, 6.45) is 0. The number of carbonyl (C=O) groups excluding carboxylic acids is 4. The molecule has 0 bridgehead atoms. The van der Waals surface area contributed by atoms with E-state index < -0.39 is 36.8 Å². The van der Waals surface area contributed by atoms with Crippen molar-refractivity contribution in [1.29, 1.82) is 0 Å². The first-order valence-electron chi connectivity index (χ1n) is 5.43. The first-order chi connectivity index (χ1) is 9.33. The number of carboxylic acid groups (broad SMARTS) is 2. The zero-order chi connectivity index (χ0) is 16.0. The van der Waals surface area contributed by atoms with E-state index in [4.69, 9.17) is 0 Å². The summed E-state index contributed by atoms with van der Waals surface area (Å²) in [5.74, 6) is -3.65. The molecule has 0 spiro atoms. The number of hydrogen-bond donors (Lipinski definition) is 2.